The van der Waals surface area contributed by atoms with Gasteiger partial charge in [0.15, 0.2) is 5.17 Å². The minimum absolute atomic E-state index is 0.123. The molecule has 4 rings (SSSR count). The number of rotatable bonds is 8. The molecule has 1 aliphatic rings. The molecule has 0 aliphatic carbocycles. The molecule has 3 aromatic rings. The standard InChI is InChI=1S/C26H23ClF3N3O2S/c1-2-3-4-16-5-7-17(8-6-16)13-23-24(34)32-25(36-23)33-31-15-19-10-12-22(35-19)20-14-18(26(28,29)30)9-11-21(20)27/h5-12,14-15,23H,2-4,13H2,1H3,(H,32,33,34)/b31-15+. The molecule has 36 heavy (non-hydrogen) atoms. The molecule has 1 aromatic heterocycles. The van der Waals surface area contributed by atoms with Crippen LogP contribution in [-0.2, 0) is 23.8 Å². The van der Waals surface area contributed by atoms with Gasteiger partial charge in [0.05, 0.1) is 22.1 Å². The van der Waals surface area contributed by atoms with Crippen LogP contribution in [0.4, 0.5) is 13.2 Å². The molecule has 0 radical (unpaired) electrons. The number of halogens is 4. The van der Waals surface area contributed by atoms with Crippen LogP contribution in [0.5, 0.6) is 0 Å². The van der Waals surface area contributed by atoms with Gasteiger partial charge in [0.1, 0.15) is 11.5 Å². The van der Waals surface area contributed by atoms with E-state index in [0.29, 0.717) is 11.6 Å². The molecule has 0 saturated carbocycles. The van der Waals surface area contributed by atoms with Gasteiger partial charge >= 0.3 is 6.18 Å². The predicted octanol–water partition coefficient (Wildman–Crippen LogP) is 7.13. The number of carbonyl (C=O) groups excluding carboxylic acids is 1. The van der Waals surface area contributed by atoms with Crippen molar-refractivity contribution in [2.24, 2.45) is 10.2 Å². The minimum atomic E-state index is -4.49. The number of alkyl halides is 3. The molecule has 188 valence electrons. The molecular weight excluding hydrogens is 511 g/mol. The molecule has 0 bridgehead atoms. The fourth-order valence-electron chi connectivity index (χ4n) is 3.62. The Morgan fingerprint density at radius 2 is 1.86 bits per heavy atom. The minimum Gasteiger partial charge on any atom is -0.455 e. The summed E-state index contributed by atoms with van der Waals surface area (Å²) in [5.41, 5.74) is 1.66. The molecule has 5 nitrogen and oxygen atoms in total. The van der Waals surface area contributed by atoms with E-state index in [4.69, 9.17) is 16.0 Å². The van der Waals surface area contributed by atoms with Crippen LogP contribution < -0.4 is 5.32 Å². The van der Waals surface area contributed by atoms with Crippen molar-refractivity contribution in [3.8, 4) is 11.3 Å². The maximum absolute atomic E-state index is 13.0. The third-order valence-electron chi connectivity index (χ3n) is 5.56. The van der Waals surface area contributed by atoms with Crippen LogP contribution in [0.25, 0.3) is 11.3 Å². The zero-order chi connectivity index (χ0) is 25.7. The fraction of sp³-hybridized carbons (Fsp3) is 0.269. The van der Waals surface area contributed by atoms with E-state index in [2.05, 4.69) is 46.7 Å². The Kier molecular flexibility index (Phi) is 8.21. The van der Waals surface area contributed by atoms with E-state index in [9.17, 15) is 18.0 Å². The summed E-state index contributed by atoms with van der Waals surface area (Å²) in [6.07, 6.45) is 0.745. The van der Waals surface area contributed by atoms with Crippen LogP contribution in [0.3, 0.4) is 0 Å². The van der Waals surface area contributed by atoms with Gasteiger partial charge in [0, 0.05) is 5.56 Å². The second kappa shape index (κ2) is 11.3. The number of unbranched alkanes of at least 4 members (excludes halogenated alkanes) is 1. The average molecular weight is 534 g/mol. The number of nitrogens with zero attached hydrogens (tertiary/aromatic N) is 2. The smallest absolute Gasteiger partial charge is 0.416 e. The van der Waals surface area contributed by atoms with Crippen LogP contribution in [-0.4, -0.2) is 22.5 Å². The number of thioether (sulfide) groups is 1. The number of benzene rings is 2. The van der Waals surface area contributed by atoms with Gasteiger partial charge in [0.2, 0.25) is 5.91 Å². The maximum Gasteiger partial charge on any atom is 0.416 e. The topological polar surface area (TPSA) is 67.0 Å². The van der Waals surface area contributed by atoms with E-state index in [1.807, 2.05) is 0 Å². The summed E-state index contributed by atoms with van der Waals surface area (Å²) in [5.74, 6) is 0.310. The lowest BCUT2D eigenvalue weighted by Gasteiger charge is -2.08. The Balaban J connectivity index is 1.38. The van der Waals surface area contributed by atoms with Crippen molar-refractivity contribution in [2.45, 2.75) is 44.0 Å². The van der Waals surface area contributed by atoms with Crippen molar-refractivity contribution in [2.75, 3.05) is 0 Å². The van der Waals surface area contributed by atoms with Crippen molar-refractivity contribution in [3.05, 3.63) is 82.1 Å². The molecule has 10 heteroatoms. The highest BCUT2D eigenvalue weighted by atomic mass is 35.5. The average Bonchev–Trinajstić information content (AvgIpc) is 3.44. The van der Waals surface area contributed by atoms with E-state index in [0.717, 1.165) is 37.0 Å². The zero-order valence-electron chi connectivity index (χ0n) is 19.3. The number of carbonyl (C=O) groups is 1. The highest BCUT2D eigenvalue weighted by molar-refractivity contribution is 8.15. The Bertz CT molecular complexity index is 1290. The first-order valence-electron chi connectivity index (χ1n) is 11.4. The number of amidine groups is 1. The Morgan fingerprint density at radius 3 is 2.58 bits per heavy atom. The van der Waals surface area contributed by atoms with E-state index < -0.39 is 11.7 Å². The summed E-state index contributed by atoms with van der Waals surface area (Å²) in [6.45, 7) is 2.16. The van der Waals surface area contributed by atoms with Gasteiger partial charge in [-0.15, -0.1) is 5.10 Å². The number of nitrogens with one attached hydrogen (secondary N) is 1. The first-order valence-corrected chi connectivity index (χ1v) is 12.6. The lowest BCUT2D eigenvalue weighted by molar-refractivity contribution is -0.137. The summed E-state index contributed by atoms with van der Waals surface area (Å²) in [4.78, 5) is 12.3. The second-order valence-corrected chi connectivity index (χ2v) is 9.86. The van der Waals surface area contributed by atoms with Gasteiger partial charge in [-0.1, -0.05) is 61.0 Å². The van der Waals surface area contributed by atoms with Gasteiger partial charge in [-0.3, -0.25) is 4.79 Å². The fourth-order valence-corrected chi connectivity index (χ4v) is 4.79. The lowest BCUT2D eigenvalue weighted by atomic mass is 10.0. The van der Waals surface area contributed by atoms with E-state index in [-0.39, 0.29) is 33.3 Å². The van der Waals surface area contributed by atoms with Crippen molar-refractivity contribution in [1.29, 1.82) is 0 Å². The second-order valence-electron chi connectivity index (χ2n) is 8.26. The molecule has 1 atom stereocenters. The van der Waals surface area contributed by atoms with Gasteiger partial charge < -0.3 is 9.73 Å². The summed E-state index contributed by atoms with van der Waals surface area (Å²) >= 11 is 7.36. The van der Waals surface area contributed by atoms with Gasteiger partial charge in [-0.25, -0.2) is 0 Å². The molecule has 2 heterocycles. The van der Waals surface area contributed by atoms with Crippen LogP contribution >= 0.6 is 23.4 Å². The molecule has 2 aromatic carbocycles. The Hall–Kier alpha value is -3.04. The summed E-state index contributed by atoms with van der Waals surface area (Å²) in [5, 5.41) is 10.9. The molecule has 1 unspecified atom stereocenters. The van der Waals surface area contributed by atoms with Gasteiger partial charge in [-0.2, -0.15) is 18.3 Å². The summed E-state index contributed by atoms with van der Waals surface area (Å²) in [6, 6.07) is 14.4. The monoisotopic (exact) mass is 533 g/mol. The predicted molar refractivity (Wildman–Crippen MR) is 137 cm³/mol. The normalized spacial score (nSPS) is 17.3. The summed E-state index contributed by atoms with van der Waals surface area (Å²) < 4.78 is 44.7. The first kappa shape index (κ1) is 26.0. The van der Waals surface area contributed by atoms with Crippen molar-refractivity contribution < 1.29 is 22.4 Å². The molecule has 1 aliphatic heterocycles. The first-order chi connectivity index (χ1) is 17.2. The summed E-state index contributed by atoms with van der Waals surface area (Å²) in [7, 11) is 0. The molecule has 1 amide bonds. The number of hydrogen-bond acceptors (Lipinski definition) is 5. The highest BCUT2D eigenvalue weighted by Gasteiger charge is 2.32. The van der Waals surface area contributed by atoms with E-state index >= 15 is 0 Å². The third kappa shape index (κ3) is 6.59. The number of amides is 1. The number of hydrogen-bond donors (Lipinski definition) is 1. The van der Waals surface area contributed by atoms with E-state index in [1.165, 1.54) is 35.7 Å². The molecular formula is C26H23ClF3N3O2S. The largest absolute Gasteiger partial charge is 0.455 e. The maximum atomic E-state index is 13.0. The van der Waals surface area contributed by atoms with Gasteiger partial charge in [0.25, 0.3) is 0 Å². The number of aryl methyl sites for hydroxylation is 1. The quantitative estimate of drug-likeness (QED) is 0.247. The molecule has 1 fully saturated rings. The highest BCUT2D eigenvalue weighted by Crippen LogP contribution is 2.36. The SMILES string of the molecule is CCCCc1ccc(CC2S/C(=N/N=C/c3ccc(-c4cc(C(F)(F)F)ccc4Cl)o3)NC2=O)cc1. The lowest BCUT2D eigenvalue weighted by Crippen LogP contribution is -2.25. The zero-order valence-corrected chi connectivity index (χ0v) is 20.9. The van der Waals surface area contributed by atoms with Crippen LogP contribution in [0, 0.1) is 0 Å². The van der Waals surface area contributed by atoms with Gasteiger partial charge in [-0.05, 0) is 60.7 Å². The third-order valence-corrected chi connectivity index (χ3v) is 6.96. The molecule has 1 N–H and O–H groups in total. The Labute approximate surface area is 215 Å². The van der Waals surface area contributed by atoms with Crippen molar-refractivity contribution in [3.63, 3.8) is 0 Å². The molecule has 1 saturated heterocycles. The van der Waals surface area contributed by atoms with E-state index in [1.54, 1.807) is 6.07 Å². The Morgan fingerprint density at radius 1 is 1.11 bits per heavy atom. The van der Waals surface area contributed by atoms with Crippen molar-refractivity contribution in [1.82, 2.24) is 5.32 Å². The van der Waals surface area contributed by atoms with Crippen LogP contribution in [0.1, 0.15) is 42.2 Å². The van der Waals surface area contributed by atoms with Crippen molar-refractivity contribution >= 4 is 40.7 Å². The molecule has 0 spiro atoms. The van der Waals surface area contributed by atoms with Crippen LogP contribution in [0.15, 0.2) is 69.2 Å². The van der Waals surface area contributed by atoms with Crippen LogP contribution in [0.2, 0.25) is 5.02 Å². The number of furan rings is 1.